The third-order valence-corrected chi connectivity index (χ3v) is 6.90. The molecule has 2 aromatic carbocycles. The lowest BCUT2D eigenvalue weighted by atomic mass is 10.1. The van der Waals surface area contributed by atoms with Crippen molar-refractivity contribution >= 4 is 38.6 Å². The van der Waals surface area contributed by atoms with Crippen molar-refractivity contribution in [2.24, 2.45) is 5.92 Å². The first-order valence-electron chi connectivity index (χ1n) is 10.8. The zero-order chi connectivity index (χ0) is 25.0. The molecular formula is C23H27ClN4O5S. The molecule has 1 unspecified atom stereocenters. The van der Waals surface area contributed by atoms with E-state index in [1.807, 2.05) is 13.8 Å². The van der Waals surface area contributed by atoms with E-state index in [9.17, 15) is 23.1 Å². The van der Waals surface area contributed by atoms with Gasteiger partial charge in [-0.3, -0.25) is 9.36 Å². The van der Waals surface area contributed by atoms with Crippen LogP contribution < -0.4 is 15.6 Å². The molecule has 11 heteroatoms. The van der Waals surface area contributed by atoms with Gasteiger partial charge < -0.3 is 10.4 Å². The average molecular weight is 507 g/mol. The minimum atomic E-state index is -3.45. The first-order chi connectivity index (χ1) is 16.0. The number of benzene rings is 2. The second kappa shape index (κ2) is 10.5. The minimum absolute atomic E-state index is 0.0272. The van der Waals surface area contributed by atoms with Gasteiger partial charge in [0.1, 0.15) is 5.82 Å². The quantitative estimate of drug-likeness (QED) is 0.404. The molecule has 0 saturated heterocycles. The topological polar surface area (TPSA) is 130 Å². The van der Waals surface area contributed by atoms with E-state index in [0.717, 1.165) is 0 Å². The van der Waals surface area contributed by atoms with Gasteiger partial charge in [0.2, 0.25) is 10.0 Å². The van der Waals surface area contributed by atoms with Crippen molar-refractivity contribution in [1.82, 2.24) is 19.6 Å². The maximum atomic E-state index is 13.5. The van der Waals surface area contributed by atoms with Crippen LogP contribution >= 0.6 is 11.6 Å². The molecule has 1 amide bonds. The number of nitrogens with one attached hydrogen (secondary N) is 2. The van der Waals surface area contributed by atoms with E-state index in [2.05, 4.69) is 15.0 Å². The molecule has 0 aliphatic heterocycles. The third-order valence-electron chi connectivity index (χ3n) is 5.23. The molecule has 1 heterocycles. The van der Waals surface area contributed by atoms with Crippen molar-refractivity contribution in [2.45, 2.75) is 39.8 Å². The lowest BCUT2D eigenvalue weighted by Gasteiger charge is -2.19. The number of amides is 1. The molecular weight excluding hydrogens is 480 g/mol. The Labute approximate surface area is 202 Å². The normalized spacial score (nSPS) is 12.7. The summed E-state index contributed by atoms with van der Waals surface area (Å²) in [6, 6.07) is 10.8. The number of fused-ring (bicyclic) bond motifs is 1. The fraction of sp³-hybridized carbons (Fsp3) is 0.348. The summed E-state index contributed by atoms with van der Waals surface area (Å²) in [5.41, 5.74) is 0.921. The number of carboxylic acid groups (broad SMARTS) is 1. The van der Waals surface area contributed by atoms with Crippen molar-refractivity contribution in [3.05, 3.63) is 69.2 Å². The van der Waals surface area contributed by atoms with Crippen molar-refractivity contribution in [1.29, 1.82) is 0 Å². The third kappa shape index (κ3) is 6.13. The summed E-state index contributed by atoms with van der Waals surface area (Å²) >= 11 is 6.28. The predicted molar refractivity (Wildman–Crippen MR) is 132 cm³/mol. The largest absolute Gasteiger partial charge is 0.465 e. The van der Waals surface area contributed by atoms with E-state index in [-0.39, 0.29) is 34.4 Å². The molecule has 0 spiro atoms. The standard InChI is InChI=1S/C23H27ClN4O5S/c1-14(2)10-11-34(32,33)25-13-16-6-4-7-17(12-16)28-21(15(3)26-23(30)31)27-19-9-5-8-18(24)20(19)22(28)29/h4-9,12,14-15,25-26H,10-11,13H2,1-3H3,(H,30,31). The van der Waals surface area contributed by atoms with Crippen LogP contribution in [0.5, 0.6) is 0 Å². The van der Waals surface area contributed by atoms with Gasteiger partial charge in [-0.05, 0) is 49.1 Å². The van der Waals surface area contributed by atoms with Gasteiger partial charge >= 0.3 is 6.09 Å². The fourth-order valence-electron chi connectivity index (χ4n) is 3.46. The molecule has 0 saturated carbocycles. The van der Waals surface area contributed by atoms with Crippen LogP contribution in [0.3, 0.4) is 0 Å². The minimum Gasteiger partial charge on any atom is -0.465 e. The molecule has 1 atom stereocenters. The van der Waals surface area contributed by atoms with Crippen molar-refractivity contribution in [3.63, 3.8) is 0 Å². The summed E-state index contributed by atoms with van der Waals surface area (Å²) in [5.74, 6) is 0.468. The lowest BCUT2D eigenvalue weighted by molar-refractivity contribution is 0.190. The molecule has 3 aromatic rings. The van der Waals surface area contributed by atoms with Gasteiger partial charge in [0, 0.05) is 6.54 Å². The molecule has 3 rings (SSSR count). The Bertz CT molecular complexity index is 1370. The highest BCUT2D eigenvalue weighted by Gasteiger charge is 2.21. The van der Waals surface area contributed by atoms with E-state index < -0.39 is 27.7 Å². The number of nitrogens with zero attached hydrogens (tertiary/aromatic N) is 2. The average Bonchev–Trinajstić information content (AvgIpc) is 2.76. The second-order valence-electron chi connectivity index (χ2n) is 8.41. The van der Waals surface area contributed by atoms with E-state index in [1.165, 1.54) is 4.57 Å². The van der Waals surface area contributed by atoms with Crippen LogP contribution in [0.15, 0.2) is 47.3 Å². The van der Waals surface area contributed by atoms with Crippen LogP contribution in [0.1, 0.15) is 44.6 Å². The summed E-state index contributed by atoms with van der Waals surface area (Å²) < 4.78 is 28.5. The number of halogens is 1. The predicted octanol–water partition coefficient (Wildman–Crippen LogP) is 3.83. The Morgan fingerprint density at radius 3 is 2.56 bits per heavy atom. The number of sulfonamides is 1. The van der Waals surface area contributed by atoms with Crippen molar-refractivity contribution in [3.8, 4) is 5.69 Å². The van der Waals surface area contributed by atoms with Gasteiger partial charge in [0.15, 0.2) is 0 Å². The van der Waals surface area contributed by atoms with Gasteiger partial charge in [-0.1, -0.05) is 43.6 Å². The van der Waals surface area contributed by atoms with Crippen LogP contribution in [-0.2, 0) is 16.6 Å². The molecule has 3 N–H and O–H groups in total. The monoisotopic (exact) mass is 506 g/mol. The van der Waals surface area contributed by atoms with Gasteiger partial charge in [-0.2, -0.15) is 0 Å². The van der Waals surface area contributed by atoms with E-state index >= 15 is 0 Å². The van der Waals surface area contributed by atoms with E-state index in [0.29, 0.717) is 23.2 Å². The maximum absolute atomic E-state index is 13.5. The Morgan fingerprint density at radius 2 is 1.88 bits per heavy atom. The lowest BCUT2D eigenvalue weighted by Crippen LogP contribution is -2.32. The molecule has 182 valence electrons. The van der Waals surface area contributed by atoms with Crippen molar-refractivity contribution in [2.75, 3.05) is 5.75 Å². The molecule has 0 aliphatic carbocycles. The van der Waals surface area contributed by atoms with Gasteiger partial charge in [-0.25, -0.2) is 22.9 Å². The first kappa shape index (κ1) is 25.7. The Kier molecular flexibility index (Phi) is 7.96. The SMILES string of the molecule is CC(C)CCS(=O)(=O)NCc1cccc(-n2c(C(C)NC(=O)O)nc3cccc(Cl)c3c2=O)c1. The van der Waals surface area contributed by atoms with E-state index in [4.69, 9.17) is 11.6 Å². The summed E-state index contributed by atoms with van der Waals surface area (Å²) in [6.45, 7) is 5.54. The molecule has 0 bridgehead atoms. The zero-order valence-corrected chi connectivity index (χ0v) is 20.7. The van der Waals surface area contributed by atoms with Crippen LogP contribution in [0.25, 0.3) is 16.6 Å². The number of hydrogen-bond acceptors (Lipinski definition) is 5. The van der Waals surface area contributed by atoms with Crippen LogP contribution in [0.4, 0.5) is 4.79 Å². The number of aromatic nitrogens is 2. The van der Waals surface area contributed by atoms with Crippen LogP contribution in [0, 0.1) is 5.92 Å². The molecule has 34 heavy (non-hydrogen) atoms. The molecule has 9 nitrogen and oxygen atoms in total. The van der Waals surface area contributed by atoms with Crippen molar-refractivity contribution < 1.29 is 18.3 Å². The highest BCUT2D eigenvalue weighted by atomic mass is 35.5. The van der Waals surface area contributed by atoms with E-state index in [1.54, 1.807) is 49.4 Å². The van der Waals surface area contributed by atoms with Crippen LogP contribution in [0.2, 0.25) is 5.02 Å². The summed E-state index contributed by atoms with van der Waals surface area (Å²) in [7, 11) is -3.45. The Morgan fingerprint density at radius 1 is 1.18 bits per heavy atom. The molecule has 0 aliphatic rings. The molecule has 0 fully saturated rings. The second-order valence-corrected chi connectivity index (χ2v) is 10.7. The highest BCUT2D eigenvalue weighted by molar-refractivity contribution is 7.89. The highest BCUT2D eigenvalue weighted by Crippen LogP contribution is 2.23. The fourth-order valence-corrected chi connectivity index (χ4v) is 5.02. The number of carbonyl (C=O) groups is 1. The maximum Gasteiger partial charge on any atom is 0.405 e. The summed E-state index contributed by atoms with van der Waals surface area (Å²) in [5, 5.41) is 11.9. The van der Waals surface area contributed by atoms with Gasteiger partial charge in [0.05, 0.1) is 33.4 Å². The molecule has 0 radical (unpaired) electrons. The van der Waals surface area contributed by atoms with Crippen LogP contribution in [-0.4, -0.2) is 34.9 Å². The van der Waals surface area contributed by atoms with Gasteiger partial charge in [-0.15, -0.1) is 0 Å². The smallest absolute Gasteiger partial charge is 0.405 e. The number of rotatable bonds is 9. The summed E-state index contributed by atoms with van der Waals surface area (Å²) in [6.07, 6.45) is -0.712. The Balaban J connectivity index is 2.06. The zero-order valence-electron chi connectivity index (χ0n) is 19.1. The van der Waals surface area contributed by atoms with Gasteiger partial charge in [0.25, 0.3) is 5.56 Å². The number of hydrogen-bond donors (Lipinski definition) is 3. The first-order valence-corrected chi connectivity index (χ1v) is 12.8. The molecule has 1 aromatic heterocycles. The Hall–Kier alpha value is -2.95. The summed E-state index contributed by atoms with van der Waals surface area (Å²) in [4.78, 5) is 29.3.